The second-order valence-electron chi connectivity index (χ2n) is 6.23. The number of aliphatic hydroxyl groups is 1. The molecule has 0 unspecified atom stereocenters. The van der Waals surface area contributed by atoms with Crippen LogP contribution in [-0.2, 0) is 16.1 Å². The SMILES string of the molecule is O=C(OCN(CCO)C(=O)OCc1ccccc1)c1cccc(-n2cccc2)c1. The monoisotopic (exact) mass is 394 g/mol. The number of aliphatic hydroxyl groups excluding tert-OH is 1. The van der Waals surface area contributed by atoms with Crippen molar-refractivity contribution in [1.29, 1.82) is 0 Å². The second-order valence-corrected chi connectivity index (χ2v) is 6.23. The fraction of sp³-hybridized carbons (Fsp3) is 0.182. The Balaban J connectivity index is 1.57. The van der Waals surface area contributed by atoms with E-state index in [1.807, 2.05) is 65.5 Å². The van der Waals surface area contributed by atoms with E-state index in [1.54, 1.807) is 18.2 Å². The van der Waals surface area contributed by atoms with E-state index < -0.39 is 12.1 Å². The summed E-state index contributed by atoms with van der Waals surface area (Å²) in [4.78, 5) is 25.8. The lowest BCUT2D eigenvalue weighted by atomic mass is 10.2. The highest BCUT2D eigenvalue weighted by atomic mass is 16.6. The third-order valence-electron chi connectivity index (χ3n) is 4.17. The molecule has 0 fully saturated rings. The number of rotatable bonds is 8. The van der Waals surface area contributed by atoms with Gasteiger partial charge in [0.1, 0.15) is 6.61 Å². The predicted octanol–water partition coefficient (Wildman–Crippen LogP) is 3.22. The normalized spacial score (nSPS) is 10.4. The third-order valence-corrected chi connectivity index (χ3v) is 4.17. The molecule has 7 nitrogen and oxygen atoms in total. The Kier molecular flexibility index (Phi) is 7.02. The Morgan fingerprint density at radius 2 is 1.69 bits per heavy atom. The van der Waals surface area contributed by atoms with Gasteiger partial charge in [0.15, 0.2) is 6.73 Å². The molecule has 0 saturated heterocycles. The lowest BCUT2D eigenvalue weighted by Gasteiger charge is -2.21. The van der Waals surface area contributed by atoms with Crippen LogP contribution >= 0.6 is 0 Å². The van der Waals surface area contributed by atoms with Gasteiger partial charge in [0.25, 0.3) is 0 Å². The van der Waals surface area contributed by atoms with E-state index in [4.69, 9.17) is 9.47 Å². The Hall–Kier alpha value is -3.58. The van der Waals surface area contributed by atoms with E-state index in [1.165, 1.54) is 0 Å². The molecule has 0 aliphatic heterocycles. The van der Waals surface area contributed by atoms with Crippen LogP contribution in [0, 0.1) is 0 Å². The zero-order valence-corrected chi connectivity index (χ0v) is 15.8. The average molecular weight is 394 g/mol. The molecular formula is C22H22N2O5. The number of nitrogens with zero attached hydrogens (tertiary/aromatic N) is 2. The summed E-state index contributed by atoms with van der Waals surface area (Å²) in [6.45, 7) is -0.513. The number of hydrogen-bond acceptors (Lipinski definition) is 5. The fourth-order valence-corrected chi connectivity index (χ4v) is 2.66. The van der Waals surface area contributed by atoms with Crippen molar-refractivity contribution < 1.29 is 24.2 Å². The molecule has 0 aliphatic carbocycles. The van der Waals surface area contributed by atoms with E-state index in [0.29, 0.717) is 5.56 Å². The molecule has 0 saturated carbocycles. The predicted molar refractivity (Wildman–Crippen MR) is 106 cm³/mol. The lowest BCUT2D eigenvalue weighted by Crippen LogP contribution is -2.36. The smallest absolute Gasteiger partial charge is 0.412 e. The fourth-order valence-electron chi connectivity index (χ4n) is 2.66. The van der Waals surface area contributed by atoms with E-state index in [-0.39, 0.29) is 26.5 Å². The highest BCUT2D eigenvalue weighted by Crippen LogP contribution is 2.12. The van der Waals surface area contributed by atoms with Crippen LogP contribution in [0.2, 0.25) is 0 Å². The van der Waals surface area contributed by atoms with Crippen molar-refractivity contribution >= 4 is 12.1 Å². The van der Waals surface area contributed by atoms with Crippen LogP contribution in [0.1, 0.15) is 15.9 Å². The van der Waals surface area contributed by atoms with Crippen LogP contribution < -0.4 is 0 Å². The summed E-state index contributed by atoms with van der Waals surface area (Å²) < 4.78 is 12.4. The molecule has 1 aromatic heterocycles. The van der Waals surface area contributed by atoms with Crippen LogP contribution in [0.3, 0.4) is 0 Å². The van der Waals surface area contributed by atoms with Gasteiger partial charge in [0.05, 0.1) is 18.7 Å². The molecule has 0 spiro atoms. The molecule has 1 N–H and O–H groups in total. The standard InChI is InChI=1S/C22H22N2O5/c25-14-13-24(22(27)28-16-18-7-2-1-3-8-18)17-29-21(26)19-9-6-10-20(15-19)23-11-4-5-12-23/h1-12,15,25H,13-14,16-17H2. The van der Waals surface area contributed by atoms with Gasteiger partial charge in [-0.3, -0.25) is 4.90 Å². The molecule has 2 aromatic carbocycles. The maximum absolute atomic E-state index is 12.4. The maximum Gasteiger partial charge on any atom is 0.412 e. The number of esters is 1. The van der Waals surface area contributed by atoms with Gasteiger partial charge in [0, 0.05) is 18.1 Å². The minimum absolute atomic E-state index is 0.00961. The van der Waals surface area contributed by atoms with Crippen molar-refractivity contribution in [1.82, 2.24) is 9.47 Å². The third kappa shape index (κ3) is 5.70. The van der Waals surface area contributed by atoms with Gasteiger partial charge in [-0.05, 0) is 35.9 Å². The summed E-state index contributed by atoms with van der Waals surface area (Å²) in [6, 6.07) is 20.0. The van der Waals surface area contributed by atoms with Crippen molar-refractivity contribution in [3.63, 3.8) is 0 Å². The molecule has 0 radical (unpaired) electrons. The van der Waals surface area contributed by atoms with Crippen LogP contribution in [0.25, 0.3) is 5.69 Å². The van der Waals surface area contributed by atoms with Gasteiger partial charge < -0.3 is 19.1 Å². The number of benzene rings is 2. The molecule has 1 amide bonds. The van der Waals surface area contributed by atoms with Crippen molar-refractivity contribution in [3.8, 4) is 5.69 Å². The van der Waals surface area contributed by atoms with Gasteiger partial charge >= 0.3 is 12.1 Å². The molecule has 3 rings (SSSR count). The van der Waals surface area contributed by atoms with E-state index in [9.17, 15) is 14.7 Å². The Morgan fingerprint density at radius 1 is 0.931 bits per heavy atom. The second kappa shape index (κ2) is 10.1. The molecule has 0 aliphatic rings. The Bertz CT molecular complexity index is 925. The minimum Gasteiger partial charge on any atom is -0.444 e. The first-order valence-electron chi connectivity index (χ1n) is 9.14. The first-order valence-corrected chi connectivity index (χ1v) is 9.14. The van der Waals surface area contributed by atoms with E-state index in [2.05, 4.69) is 0 Å². The number of carbonyl (C=O) groups excluding carboxylic acids is 2. The van der Waals surface area contributed by atoms with Crippen molar-refractivity contribution in [2.75, 3.05) is 19.9 Å². The molecule has 3 aromatic rings. The zero-order chi connectivity index (χ0) is 20.5. The molecule has 0 bridgehead atoms. The largest absolute Gasteiger partial charge is 0.444 e. The molecule has 0 atom stereocenters. The maximum atomic E-state index is 12.4. The topological polar surface area (TPSA) is 81.0 Å². The summed E-state index contributed by atoms with van der Waals surface area (Å²) >= 11 is 0. The van der Waals surface area contributed by atoms with Gasteiger partial charge in [-0.15, -0.1) is 0 Å². The average Bonchev–Trinajstić information content (AvgIpc) is 3.30. The van der Waals surface area contributed by atoms with Crippen LogP contribution in [0.5, 0.6) is 0 Å². The Labute approximate surface area is 168 Å². The van der Waals surface area contributed by atoms with Crippen LogP contribution in [-0.4, -0.2) is 46.5 Å². The van der Waals surface area contributed by atoms with Gasteiger partial charge in [-0.1, -0.05) is 36.4 Å². The number of hydrogen-bond donors (Lipinski definition) is 1. The van der Waals surface area contributed by atoms with Crippen molar-refractivity contribution in [2.45, 2.75) is 6.61 Å². The lowest BCUT2D eigenvalue weighted by molar-refractivity contribution is 0.0128. The first-order chi connectivity index (χ1) is 14.2. The highest BCUT2D eigenvalue weighted by Gasteiger charge is 2.18. The number of ether oxygens (including phenoxy) is 2. The molecular weight excluding hydrogens is 372 g/mol. The molecule has 1 heterocycles. The Morgan fingerprint density at radius 3 is 2.41 bits per heavy atom. The summed E-state index contributed by atoms with van der Waals surface area (Å²) in [6.07, 6.45) is 3.07. The van der Waals surface area contributed by atoms with Crippen LogP contribution in [0.4, 0.5) is 4.79 Å². The summed E-state index contributed by atoms with van der Waals surface area (Å²) in [7, 11) is 0. The van der Waals surface area contributed by atoms with E-state index >= 15 is 0 Å². The van der Waals surface area contributed by atoms with Crippen molar-refractivity contribution in [2.24, 2.45) is 0 Å². The van der Waals surface area contributed by atoms with Gasteiger partial charge in [-0.25, -0.2) is 9.59 Å². The summed E-state index contributed by atoms with van der Waals surface area (Å²) in [5, 5.41) is 9.20. The summed E-state index contributed by atoms with van der Waals surface area (Å²) in [5.41, 5.74) is 2.01. The molecule has 7 heteroatoms. The zero-order valence-electron chi connectivity index (χ0n) is 15.8. The highest BCUT2D eigenvalue weighted by molar-refractivity contribution is 5.90. The van der Waals surface area contributed by atoms with Crippen molar-refractivity contribution in [3.05, 3.63) is 90.3 Å². The van der Waals surface area contributed by atoms with E-state index in [0.717, 1.165) is 16.2 Å². The van der Waals surface area contributed by atoms with Gasteiger partial charge in [-0.2, -0.15) is 0 Å². The van der Waals surface area contributed by atoms with Crippen LogP contribution in [0.15, 0.2) is 79.1 Å². The minimum atomic E-state index is -0.670. The van der Waals surface area contributed by atoms with Gasteiger partial charge in [0.2, 0.25) is 0 Å². The number of carbonyl (C=O) groups is 2. The summed E-state index contributed by atoms with van der Waals surface area (Å²) in [5.74, 6) is -0.571. The molecule has 150 valence electrons. The quantitative estimate of drug-likeness (QED) is 0.469. The number of aromatic nitrogens is 1. The number of amides is 1. The first kappa shape index (κ1) is 20.2. The molecule has 29 heavy (non-hydrogen) atoms.